The van der Waals surface area contributed by atoms with E-state index in [-0.39, 0.29) is 5.82 Å². The van der Waals surface area contributed by atoms with Crippen molar-refractivity contribution in [3.05, 3.63) is 59.9 Å². The second kappa shape index (κ2) is 9.29. The summed E-state index contributed by atoms with van der Waals surface area (Å²) >= 11 is 0. The van der Waals surface area contributed by atoms with Crippen molar-refractivity contribution in [1.29, 1.82) is 0 Å². The van der Waals surface area contributed by atoms with Crippen LogP contribution < -0.4 is 0 Å². The van der Waals surface area contributed by atoms with E-state index in [1.54, 1.807) is 6.07 Å². The van der Waals surface area contributed by atoms with E-state index in [0.29, 0.717) is 5.56 Å². The third kappa shape index (κ3) is 5.15. The molecular formula is C16H20BFO2. The molecule has 0 heterocycles. The molecule has 0 aliphatic carbocycles. The largest absolute Gasteiger partial charge is 0.432 e. The van der Waals surface area contributed by atoms with Gasteiger partial charge in [0.1, 0.15) is 5.82 Å². The predicted octanol–water partition coefficient (Wildman–Crippen LogP) is 3.07. The number of halogens is 1. The van der Waals surface area contributed by atoms with E-state index in [9.17, 15) is 4.39 Å². The number of hydrogen-bond donors (Lipinski definition) is 2. The Kier molecular flexibility index (Phi) is 7.62. The molecule has 0 aliphatic rings. The second-order valence-corrected chi connectivity index (χ2v) is 4.42. The fourth-order valence-electron chi connectivity index (χ4n) is 1.93. The predicted molar refractivity (Wildman–Crippen MR) is 82.0 cm³/mol. The van der Waals surface area contributed by atoms with Crippen LogP contribution in [0.2, 0.25) is 0 Å². The van der Waals surface area contributed by atoms with Crippen LogP contribution in [-0.2, 0) is 6.42 Å². The van der Waals surface area contributed by atoms with E-state index in [2.05, 4.69) is 19.1 Å². The van der Waals surface area contributed by atoms with Crippen molar-refractivity contribution >= 4 is 7.69 Å². The average Bonchev–Trinajstić information content (AvgIpc) is 2.47. The molecule has 0 unspecified atom stereocenters. The van der Waals surface area contributed by atoms with E-state index < -0.39 is 7.69 Å². The van der Waals surface area contributed by atoms with Gasteiger partial charge in [0.15, 0.2) is 0 Å². The molecule has 0 spiro atoms. The molecule has 2 rings (SSSR count). The van der Waals surface area contributed by atoms with Gasteiger partial charge in [-0.15, -0.1) is 0 Å². The summed E-state index contributed by atoms with van der Waals surface area (Å²) in [7, 11) is -0.750. The van der Waals surface area contributed by atoms with Crippen LogP contribution in [0.25, 0.3) is 11.1 Å². The maximum atomic E-state index is 13.6. The minimum atomic E-state index is -0.750. The molecule has 4 heteroatoms. The summed E-state index contributed by atoms with van der Waals surface area (Å²) in [6.45, 7) is 2.19. The molecule has 0 fully saturated rings. The summed E-state index contributed by atoms with van der Waals surface area (Å²) in [6.07, 6.45) is 3.52. The Morgan fingerprint density at radius 2 is 1.60 bits per heavy atom. The van der Waals surface area contributed by atoms with Gasteiger partial charge >= 0.3 is 7.69 Å². The zero-order chi connectivity index (χ0) is 14.8. The van der Waals surface area contributed by atoms with Gasteiger partial charge in [0.05, 0.1) is 0 Å². The summed E-state index contributed by atoms with van der Waals surface area (Å²) in [6, 6.07) is 15.1. The third-order valence-corrected chi connectivity index (χ3v) is 2.96. The number of aryl methyl sites for hydroxylation is 1. The smallest absolute Gasteiger partial charge is 0.430 e. The Hall–Kier alpha value is -1.65. The molecule has 20 heavy (non-hydrogen) atoms. The first kappa shape index (κ1) is 16.4. The normalized spacial score (nSPS) is 9.60. The monoisotopic (exact) mass is 274 g/mol. The highest BCUT2D eigenvalue weighted by Gasteiger charge is 2.03. The molecule has 0 bridgehead atoms. The zero-order valence-corrected chi connectivity index (χ0v) is 11.7. The van der Waals surface area contributed by atoms with Crippen LogP contribution >= 0.6 is 0 Å². The van der Waals surface area contributed by atoms with Gasteiger partial charge < -0.3 is 10.0 Å². The van der Waals surface area contributed by atoms with Gasteiger partial charge in [-0.1, -0.05) is 55.8 Å². The van der Waals surface area contributed by atoms with Crippen molar-refractivity contribution in [2.75, 3.05) is 0 Å². The minimum absolute atomic E-state index is 0.159. The number of rotatable bonds is 4. The van der Waals surface area contributed by atoms with Gasteiger partial charge in [-0.2, -0.15) is 0 Å². The lowest BCUT2D eigenvalue weighted by molar-refractivity contribution is 0.448. The SMILES string of the molecule is CCCCc1ccc(-c2ccccc2F)cc1.OBO. The van der Waals surface area contributed by atoms with E-state index in [1.807, 2.05) is 24.3 Å². The van der Waals surface area contributed by atoms with Crippen LogP contribution in [0.4, 0.5) is 4.39 Å². The summed E-state index contributed by atoms with van der Waals surface area (Å²) < 4.78 is 13.6. The number of hydrogen-bond acceptors (Lipinski definition) is 2. The van der Waals surface area contributed by atoms with E-state index >= 15 is 0 Å². The number of benzene rings is 2. The van der Waals surface area contributed by atoms with Gasteiger partial charge in [0.25, 0.3) is 0 Å². The first-order chi connectivity index (χ1) is 9.72. The summed E-state index contributed by atoms with van der Waals surface area (Å²) in [4.78, 5) is 0. The fourth-order valence-corrected chi connectivity index (χ4v) is 1.93. The fraction of sp³-hybridized carbons (Fsp3) is 0.250. The average molecular weight is 274 g/mol. The van der Waals surface area contributed by atoms with E-state index in [1.165, 1.54) is 24.5 Å². The highest BCUT2D eigenvalue weighted by Crippen LogP contribution is 2.23. The van der Waals surface area contributed by atoms with E-state index in [4.69, 9.17) is 10.0 Å². The molecular weight excluding hydrogens is 254 g/mol. The summed E-state index contributed by atoms with van der Waals surface area (Å²) in [5.74, 6) is -0.159. The molecule has 106 valence electrons. The molecule has 0 saturated carbocycles. The van der Waals surface area contributed by atoms with Crippen molar-refractivity contribution < 1.29 is 14.4 Å². The number of unbranched alkanes of at least 4 members (excludes halogenated alkanes) is 1. The summed E-state index contributed by atoms with van der Waals surface area (Å²) in [5.41, 5.74) is 2.95. The second-order valence-electron chi connectivity index (χ2n) is 4.42. The highest BCUT2D eigenvalue weighted by molar-refractivity contribution is 6.13. The highest BCUT2D eigenvalue weighted by atomic mass is 19.1. The molecule has 0 radical (unpaired) electrons. The molecule has 2 aromatic rings. The Morgan fingerprint density at radius 1 is 1.00 bits per heavy atom. The molecule has 0 amide bonds. The molecule has 2 nitrogen and oxygen atoms in total. The van der Waals surface area contributed by atoms with Crippen molar-refractivity contribution in [2.45, 2.75) is 26.2 Å². The molecule has 0 aromatic heterocycles. The Bertz CT molecular complexity index is 500. The lowest BCUT2D eigenvalue weighted by atomic mass is 10.0. The van der Waals surface area contributed by atoms with Gasteiger partial charge in [0.2, 0.25) is 0 Å². The summed E-state index contributed by atoms with van der Waals surface area (Å²) in [5, 5.41) is 14.2. The third-order valence-electron chi connectivity index (χ3n) is 2.96. The molecule has 2 aromatic carbocycles. The van der Waals surface area contributed by atoms with Crippen molar-refractivity contribution in [2.24, 2.45) is 0 Å². The molecule has 2 N–H and O–H groups in total. The van der Waals surface area contributed by atoms with Crippen molar-refractivity contribution in [3.63, 3.8) is 0 Å². The lowest BCUT2D eigenvalue weighted by Gasteiger charge is -2.05. The van der Waals surface area contributed by atoms with Gasteiger partial charge in [-0.25, -0.2) is 4.39 Å². The topological polar surface area (TPSA) is 40.5 Å². The first-order valence-electron chi connectivity index (χ1n) is 6.78. The Balaban J connectivity index is 0.000000612. The van der Waals surface area contributed by atoms with Gasteiger partial charge in [-0.3, -0.25) is 0 Å². The lowest BCUT2D eigenvalue weighted by Crippen LogP contribution is -1.87. The van der Waals surface area contributed by atoms with Crippen LogP contribution in [0.5, 0.6) is 0 Å². The maximum absolute atomic E-state index is 13.6. The standard InChI is InChI=1S/C16H17F.BH3O2/c1-2-3-6-13-9-11-14(12-10-13)15-7-4-5-8-16(15)17;2-1-3/h4-5,7-12H,2-3,6H2,1H3;1-3H. The van der Waals surface area contributed by atoms with Crippen LogP contribution in [0, 0.1) is 5.82 Å². The molecule has 0 atom stereocenters. The van der Waals surface area contributed by atoms with Crippen LogP contribution in [0.1, 0.15) is 25.3 Å². The van der Waals surface area contributed by atoms with Crippen molar-refractivity contribution in [1.82, 2.24) is 0 Å². The van der Waals surface area contributed by atoms with E-state index in [0.717, 1.165) is 12.0 Å². The Labute approximate surface area is 120 Å². The first-order valence-corrected chi connectivity index (χ1v) is 6.78. The quantitative estimate of drug-likeness (QED) is 0.841. The zero-order valence-electron chi connectivity index (χ0n) is 11.7. The molecule has 0 saturated heterocycles. The van der Waals surface area contributed by atoms with Crippen molar-refractivity contribution in [3.8, 4) is 11.1 Å². The molecule has 0 aliphatic heterocycles. The maximum Gasteiger partial charge on any atom is 0.432 e. The van der Waals surface area contributed by atoms with Gasteiger partial charge in [0, 0.05) is 5.56 Å². The van der Waals surface area contributed by atoms with Gasteiger partial charge in [-0.05, 0) is 30.0 Å². The van der Waals surface area contributed by atoms with Crippen LogP contribution in [0.15, 0.2) is 48.5 Å². The van der Waals surface area contributed by atoms with Crippen LogP contribution in [0.3, 0.4) is 0 Å². The minimum Gasteiger partial charge on any atom is -0.430 e. The Morgan fingerprint density at radius 3 is 2.15 bits per heavy atom. The van der Waals surface area contributed by atoms with Crippen LogP contribution in [-0.4, -0.2) is 17.7 Å².